The van der Waals surface area contributed by atoms with Gasteiger partial charge in [-0.1, -0.05) is 13.3 Å². The normalized spacial score (nSPS) is 10.5. The fraction of sp³-hybridized carbons (Fsp3) is 0.600. The summed E-state index contributed by atoms with van der Waals surface area (Å²) in [5, 5.41) is 3.29. The summed E-state index contributed by atoms with van der Waals surface area (Å²) in [6.07, 6.45) is 2.25. The van der Waals surface area contributed by atoms with Gasteiger partial charge in [0.25, 0.3) is 0 Å². The van der Waals surface area contributed by atoms with Crippen LogP contribution in [0.5, 0.6) is 0 Å². The molecule has 0 aromatic heterocycles. The molecule has 28 heavy (non-hydrogen) atoms. The summed E-state index contributed by atoms with van der Waals surface area (Å²) in [4.78, 5) is 22.8. The van der Waals surface area contributed by atoms with Gasteiger partial charge in [0, 0.05) is 12.2 Å². The van der Waals surface area contributed by atoms with Crippen LogP contribution >= 0.6 is 0 Å². The van der Waals surface area contributed by atoms with Gasteiger partial charge in [-0.25, -0.2) is 9.59 Å². The van der Waals surface area contributed by atoms with E-state index in [1.807, 2.05) is 12.1 Å². The molecule has 1 N–H and O–H groups in total. The number of benzene rings is 1. The molecule has 0 aliphatic rings. The first-order valence-electron chi connectivity index (χ1n) is 9.48. The Morgan fingerprint density at radius 2 is 1.50 bits per heavy atom. The molecule has 1 aromatic rings. The zero-order valence-electron chi connectivity index (χ0n) is 16.7. The number of methoxy groups -OCH3 is 1. The van der Waals surface area contributed by atoms with E-state index in [0.717, 1.165) is 25.1 Å². The van der Waals surface area contributed by atoms with Crippen LogP contribution in [0.3, 0.4) is 0 Å². The molecule has 0 unspecified atom stereocenters. The van der Waals surface area contributed by atoms with E-state index in [2.05, 4.69) is 17.0 Å². The van der Waals surface area contributed by atoms with Crippen molar-refractivity contribution in [1.82, 2.24) is 0 Å². The zero-order valence-corrected chi connectivity index (χ0v) is 16.7. The van der Waals surface area contributed by atoms with Crippen molar-refractivity contribution >= 4 is 17.6 Å². The van der Waals surface area contributed by atoms with Crippen LogP contribution in [0.4, 0.5) is 5.69 Å². The first kappa shape index (κ1) is 23.9. The van der Waals surface area contributed by atoms with Crippen molar-refractivity contribution in [2.24, 2.45) is 0 Å². The molecule has 0 aliphatic carbocycles. The van der Waals surface area contributed by atoms with Gasteiger partial charge in [-0.2, -0.15) is 0 Å². The highest BCUT2D eigenvalue weighted by atomic mass is 16.6. The van der Waals surface area contributed by atoms with Gasteiger partial charge in [0.05, 0.1) is 45.7 Å². The topological polar surface area (TPSA) is 92.3 Å². The Kier molecular flexibility index (Phi) is 13.5. The summed E-state index contributed by atoms with van der Waals surface area (Å²) >= 11 is 0. The Hall–Kier alpha value is -2.16. The van der Waals surface area contributed by atoms with Crippen molar-refractivity contribution in [1.29, 1.82) is 0 Å². The Labute approximate surface area is 166 Å². The van der Waals surface area contributed by atoms with Gasteiger partial charge < -0.3 is 29.0 Å². The van der Waals surface area contributed by atoms with Gasteiger partial charge >= 0.3 is 11.9 Å². The predicted octanol–water partition coefficient (Wildman–Crippen LogP) is 2.28. The standard InChI is InChI=1S/C20H31NO7/c1-3-4-9-21-18-7-5-17(6-8-18)20(23)28-15-14-26-11-10-25-12-13-27-16-19(22)24-2/h5-8,21H,3-4,9-16H2,1-2H3. The molecule has 1 rings (SSSR count). The third kappa shape index (κ3) is 11.5. The number of nitrogens with one attached hydrogen (secondary N) is 1. The molecule has 0 amide bonds. The second kappa shape index (κ2) is 15.9. The highest BCUT2D eigenvalue weighted by molar-refractivity contribution is 5.89. The minimum atomic E-state index is -0.419. The van der Waals surface area contributed by atoms with Crippen LogP contribution in [0.2, 0.25) is 0 Å². The molecule has 0 bridgehead atoms. The Bertz CT molecular complexity index is 548. The highest BCUT2D eigenvalue weighted by Gasteiger charge is 2.06. The fourth-order valence-corrected chi connectivity index (χ4v) is 2.06. The summed E-state index contributed by atoms with van der Waals surface area (Å²) in [6, 6.07) is 7.23. The van der Waals surface area contributed by atoms with E-state index in [0.29, 0.717) is 38.6 Å². The first-order valence-corrected chi connectivity index (χ1v) is 9.48. The second-order valence-electron chi connectivity index (χ2n) is 5.85. The number of hydrogen-bond donors (Lipinski definition) is 1. The van der Waals surface area contributed by atoms with E-state index in [4.69, 9.17) is 18.9 Å². The minimum absolute atomic E-state index is 0.0835. The zero-order chi connectivity index (χ0) is 20.5. The van der Waals surface area contributed by atoms with Gasteiger partial charge in [-0.05, 0) is 30.7 Å². The van der Waals surface area contributed by atoms with Crippen LogP contribution in [0.15, 0.2) is 24.3 Å². The summed E-state index contributed by atoms with van der Waals surface area (Å²) in [7, 11) is 1.31. The van der Waals surface area contributed by atoms with Crippen LogP contribution in [0.1, 0.15) is 30.1 Å². The molecule has 8 heteroatoms. The summed E-state index contributed by atoms with van der Waals surface area (Å²) < 4.78 is 25.2. The molecule has 0 heterocycles. The molecule has 0 saturated heterocycles. The monoisotopic (exact) mass is 397 g/mol. The molecule has 158 valence electrons. The first-order chi connectivity index (χ1) is 13.7. The van der Waals surface area contributed by atoms with Crippen molar-refractivity contribution in [3.8, 4) is 0 Å². The number of hydrogen-bond acceptors (Lipinski definition) is 8. The van der Waals surface area contributed by atoms with Crippen molar-refractivity contribution in [3.63, 3.8) is 0 Å². The maximum absolute atomic E-state index is 12.0. The lowest BCUT2D eigenvalue weighted by Gasteiger charge is -2.08. The maximum Gasteiger partial charge on any atom is 0.338 e. The number of rotatable bonds is 16. The molecule has 1 aromatic carbocycles. The van der Waals surface area contributed by atoms with Gasteiger partial charge in [0.2, 0.25) is 0 Å². The lowest BCUT2D eigenvalue weighted by atomic mass is 10.2. The van der Waals surface area contributed by atoms with Gasteiger partial charge in [0.1, 0.15) is 13.2 Å². The number of anilines is 1. The molecule has 0 atom stereocenters. The number of carbonyl (C=O) groups excluding carboxylic acids is 2. The number of esters is 2. The van der Waals surface area contributed by atoms with Crippen LogP contribution in [-0.4, -0.2) is 71.8 Å². The molecule has 0 aliphatic heterocycles. The van der Waals surface area contributed by atoms with Crippen molar-refractivity contribution < 1.29 is 33.3 Å². The van der Waals surface area contributed by atoms with Crippen LogP contribution in [0.25, 0.3) is 0 Å². The second-order valence-corrected chi connectivity index (χ2v) is 5.85. The molecular weight excluding hydrogens is 366 g/mol. The van der Waals surface area contributed by atoms with Crippen molar-refractivity contribution in [3.05, 3.63) is 29.8 Å². The lowest BCUT2D eigenvalue weighted by molar-refractivity contribution is -0.146. The van der Waals surface area contributed by atoms with E-state index in [-0.39, 0.29) is 19.2 Å². The molecular formula is C20H31NO7. The van der Waals surface area contributed by atoms with Crippen molar-refractivity contribution in [2.75, 3.05) is 65.2 Å². The number of unbranched alkanes of at least 4 members (excludes halogenated alkanes) is 1. The highest BCUT2D eigenvalue weighted by Crippen LogP contribution is 2.10. The molecule has 8 nitrogen and oxygen atoms in total. The molecule has 0 saturated carbocycles. The van der Waals surface area contributed by atoms with E-state index in [1.54, 1.807) is 12.1 Å². The number of carbonyl (C=O) groups is 2. The van der Waals surface area contributed by atoms with Crippen molar-refractivity contribution in [2.45, 2.75) is 19.8 Å². The van der Waals surface area contributed by atoms with E-state index in [1.165, 1.54) is 7.11 Å². The fourth-order valence-electron chi connectivity index (χ4n) is 2.06. The van der Waals surface area contributed by atoms with Gasteiger partial charge in [0.15, 0.2) is 0 Å². The van der Waals surface area contributed by atoms with Crippen LogP contribution in [-0.2, 0) is 28.5 Å². The van der Waals surface area contributed by atoms with Gasteiger partial charge in [-0.15, -0.1) is 0 Å². The largest absolute Gasteiger partial charge is 0.467 e. The summed E-state index contributed by atoms with van der Waals surface area (Å²) in [6.45, 7) is 4.89. The summed E-state index contributed by atoms with van der Waals surface area (Å²) in [5.41, 5.74) is 1.50. The Morgan fingerprint density at radius 3 is 2.11 bits per heavy atom. The third-order valence-corrected chi connectivity index (χ3v) is 3.63. The molecule has 0 spiro atoms. The maximum atomic E-state index is 12.0. The molecule has 0 fully saturated rings. The van der Waals surface area contributed by atoms with Gasteiger partial charge in [-0.3, -0.25) is 0 Å². The van der Waals surface area contributed by atoms with E-state index in [9.17, 15) is 9.59 Å². The average Bonchev–Trinajstić information content (AvgIpc) is 2.72. The lowest BCUT2D eigenvalue weighted by Crippen LogP contribution is -2.15. The summed E-state index contributed by atoms with van der Waals surface area (Å²) in [5.74, 6) is -0.792. The van der Waals surface area contributed by atoms with E-state index >= 15 is 0 Å². The third-order valence-electron chi connectivity index (χ3n) is 3.63. The average molecular weight is 397 g/mol. The predicted molar refractivity (Wildman–Crippen MR) is 105 cm³/mol. The Balaban J connectivity index is 1.99. The van der Waals surface area contributed by atoms with E-state index < -0.39 is 5.97 Å². The van der Waals surface area contributed by atoms with Crippen LogP contribution < -0.4 is 5.32 Å². The van der Waals surface area contributed by atoms with Crippen LogP contribution in [0, 0.1) is 0 Å². The SMILES string of the molecule is CCCCNc1ccc(C(=O)OCCOCCOCCOCC(=O)OC)cc1. The quantitative estimate of drug-likeness (QED) is 0.335. The minimum Gasteiger partial charge on any atom is -0.467 e. The number of ether oxygens (including phenoxy) is 5. The smallest absolute Gasteiger partial charge is 0.338 e. The molecule has 0 radical (unpaired) electrons. The Morgan fingerprint density at radius 1 is 0.893 bits per heavy atom.